The third kappa shape index (κ3) is 2.56. The SMILES string of the molecule is CC(C)(C)c1cc(-c2ccc3ccccc3n2)cc2ccccc12. The molecule has 0 aliphatic heterocycles. The molecule has 0 unspecified atom stereocenters. The Balaban J connectivity index is 1.98. The van der Waals surface area contributed by atoms with E-state index in [1.54, 1.807) is 0 Å². The van der Waals surface area contributed by atoms with Crippen molar-refractivity contribution in [3.8, 4) is 11.3 Å². The number of aromatic nitrogens is 1. The van der Waals surface area contributed by atoms with Crippen LogP contribution in [0.5, 0.6) is 0 Å². The van der Waals surface area contributed by atoms with Gasteiger partial charge in [-0.1, -0.05) is 69.3 Å². The van der Waals surface area contributed by atoms with Gasteiger partial charge in [-0.3, -0.25) is 0 Å². The normalized spacial score (nSPS) is 12.0. The van der Waals surface area contributed by atoms with E-state index < -0.39 is 0 Å². The van der Waals surface area contributed by atoms with Crippen molar-refractivity contribution in [2.75, 3.05) is 0 Å². The zero-order valence-electron chi connectivity index (χ0n) is 14.4. The molecular formula is C23H21N. The van der Waals surface area contributed by atoms with Gasteiger partial charge in [0.1, 0.15) is 0 Å². The van der Waals surface area contributed by atoms with E-state index in [-0.39, 0.29) is 5.41 Å². The van der Waals surface area contributed by atoms with Crippen LogP contribution >= 0.6 is 0 Å². The zero-order chi connectivity index (χ0) is 16.7. The van der Waals surface area contributed by atoms with E-state index in [1.807, 2.05) is 6.07 Å². The number of benzene rings is 3. The lowest BCUT2D eigenvalue weighted by atomic mass is 9.82. The number of hydrogen-bond acceptors (Lipinski definition) is 1. The average molecular weight is 311 g/mol. The van der Waals surface area contributed by atoms with Crippen LogP contribution in [0.15, 0.2) is 72.8 Å². The number of nitrogens with zero attached hydrogens (tertiary/aromatic N) is 1. The van der Waals surface area contributed by atoms with E-state index in [4.69, 9.17) is 4.98 Å². The predicted octanol–water partition coefficient (Wildman–Crippen LogP) is 6.35. The Morgan fingerprint density at radius 3 is 2.21 bits per heavy atom. The van der Waals surface area contributed by atoms with E-state index in [2.05, 4.69) is 87.5 Å². The minimum Gasteiger partial charge on any atom is -0.248 e. The molecule has 0 amide bonds. The van der Waals surface area contributed by atoms with Gasteiger partial charge in [0, 0.05) is 10.9 Å². The van der Waals surface area contributed by atoms with Gasteiger partial charge in [0.05, 0.1) is 11.2 Å². The molecule has 1 heterocycles. The van der Waals surface area contributed by atoms with Crippen molar-refractivity contribution < 1.29 is 0 Å². The Morgan fingerprint density at radius 1 is 0.708 bits per heavy atom. The second-order valence-electron chi connectivity index (χ2n) is 7.38. The lowest BCUT2D eigenvalue weighted by Gasteiger charge is -2.22. The van der Waals surface area contributed by atoms with Crippen LogP contribution < -0.4 is 0 Å². The molecular weight excluding hydrogens is 290 g/mol. The molecule has 1 nitrogen and oxygen atoms in total. The molecule has 0 saturated carbocycles. The van der Waals surface area contributed by atoms with Gasteiger partial charge in [0.15, 0.2) is 0 Å². The molecule has 0 radical (unpaired) electrons. The fourth-order valence-electron chi connectivity index (χ4n) is 3.31. The maximum Gasteiger partial charge on any atom is 0.0710 e. The molecule has 0 N–H and O–H groups in total. The molecule has 0 saturated heterocycles. The predicted molar refractivity (Wildman–Crippen MR) is 103 cm³/mol. The van der Waals surface area contributed by atoms with E-state index in [1.165, 1.54) is 27.3 Å². The number of hydrogen-bond donors (Lipinski definition) is 0. The first-order valence-corrected chi connectivity index (χ1v) is 8.42. The Kier molecular flexibility index (Phi) is 3.38. The topological polar surface area (TPSA) is 12.9 Å². The molecule has 0 bridgehead atoms. The van der Waals surface area contributed by atoms with Crippen LogP contribution in [0, 0.1) is 0 Å². The molecule has 1 aromatic heterocycles. The molecule has 0 fully saturated rings. The molecule has 0 atom stereocenters. The first-order chi connectivity index (χ1) is 11.5. The highest BCUT2D eigenvalue weighted by Gasteiger charge is 2.18. The zero-order valence-corrected chi connectivity index (χ0v) is 14.4. The summed E-state index contributed by atoms with van der Waals surface area (Å²) in [6.45, 7) is 6.81. The van der Waals surface area contributed by atoms with E-state index in [9.17, 15) is 0 Å². The summed E-state index contributed by atoms with van der Waals surface area (Å²) < 4.78 is 0. The van der Waals surface area contributed by atoms with Crippen LogP contribution in [0.25, 0.3) is 32.9 Å². The summed E-state index contributed by atoms with van der Waals surface area (Å²) in [6, 6.07) is 25.7. The number of rotatable bonds is 1. The Morgan fingerprint density at radius 2 is 1.42 bits per heavy atom. The third-order valence-corrected chi connectivity index (χ3v) is 4.56. The second kappa shape index (κ2) is 5.45. The Labute approximate surface area is 143 Å². The van der Waals surface area contributed by atoms with Gasteiger partial charge in [0.2, 0.25) is 0 Å². The summed E-state index contributed by atoms with van der Waals surface area (Å²) in [6.07, 6.45) is 0. The summed E-state index contributed by atoms with van der Waals surface area (Å²) in [5, 5.41) is 3.78. The first-order valence-electron chi connectivity index (χ1n) is 8.42. The van der Waals surface area contributed by atoms with Gasteiger partial charge >= 0.3 is 0 Å². The molecule has 0 aliphatic rings. The summed E-state index contributed by atoms with van der Waals surface area (Å²) in [5.41, 5.74) is 4.72. The number of para-hydroxylation sites is 1. The molecule has 0 spiro atoms. The van der Waals surface area contributed by atoms with Gasteiger partial charge in [0.25, 0.3) is 0 Å². The van der Waals surface area contributed by atoms with E-state index in [0.29, 0.717) is 0 Å². The molecule has 118 valence electrons. The standard InChI is InChI=1S/C23H21N/c1-23(2,3)20-15-18(14-17-9-4-6-10-19(17)20)22-13-12-16-8-5-7-11-21(16)24-22/h4-15H,1-3H3. The molecule has 4 rings (SSSR count). The van der Waals surface area contributed by atoms with Crippen molar-refractivity contribution in [2.24, 2.45) is 0 Å². The quantitative estimate of drug-likeness (QED) is 0.399. The summed E-state index contributed by atoms with van der Waals surface area (Å²) >= 11 is 0. The molecule has 3 aromatic carbocycles. The van der Waals surface area contributed by atoms with Crippen molar-refractivity contribution in [3.05, 3.63) is 78.4 Å². The third-order valence-electron chi connectivity index (χ3n) is 4.56. The summed E-state index contributed by atoms with van der Waals surface area (Å²) in [4.78, 5) is 4.88. The highest BCUT2D eigenvalue weighted by atomic mass is 14.7. The van der Waals surface area contributed by atoms with Crippen LogP contribution in [0.1, 0.15) is 26.3 Å². The van der Waals surface area contributed by atoms with Crippen molar-refractivity contribution in [3.63, 3.8) is 0 Å². The van der Waals surface area contributed by atoms with Gasteiger partial charge < -0.3 is 0 Å². The van der Waals surface area contributed by atoms with Crippen molar-refractivity contribution >= 4 is 21.7 Å². The smallest absolute Gasteiger partial charge is 0.0710 e. The van der Waals surface area contributed by atoms with Crippen LogP contribution in [0.3, 0.4) is 0 Å². The van der Waals surface area contributed by atoms with Gasteiger partial charge in [-0.15, -0.1) is 0 Å². The number of pyridine rings is 1. The van der Waals surface area contributed by atoms with Crippen LogP contribution in [0.4, 0.5) is 0 Å². The molecule has 0 aliphatic carbocycles. The molecule has 24 heavy (non-hydrogen) atoms. The van der Waals surface area contributed by atoms with E-state index >= 15 is 0 Å². The van der Waals surface area contributed by atoms with Crippen molar-refractivity contribution in [1.29, 1.82) is 0 Å². The van der Waals surface area contributed by atoms with Gasteiger partial charge in [-0.25, -0.2) is 4.98 Å². The lowest BCUT2D eigenvalue weighted by Crippen LogP contribution is -2.12. The van der Waals surface area contributed by atoms with Gasteiger partial charge in [-0.2, -0.15) is 0 Å². The highest BCUT2D eigenvalue weighted by Crippen LogP contribution is 2.34. The van der Waals surface area contributed by atoms with Crippen LogP contribution in [-0.2, 0) is 5.41 Å². The van der Waals surface area contributed by atoms with Gasteiger partial charge in [-0.05, 0) is 46.0 Å². The minimum absolute atomic E-state index is 0.0897. The number of fused-ring (bicyclic) bond motifs is 2. The van der Waals surface area contributed by atoms with E-state index in [0.717, 1.165) is 11.2 Å². The minimum atomic E-state index is 0.0897. The molecule has 4 aromatic rings. The average Bonchev–Trinajstić information content (AvgIpc) is 2.59. The summed E-state index contributed by atoms with van der Waals surface area (Å²) in [5.74, 6) is 0. The Hall–Kier alpha value is -2.67. The van der Waals surface area contributed by atoms with Crippen molar-refractivity contribution in [2.45, 2.75) is 26.2 Å². The van der Waals surface area contributed by atoms with Crippen LogP contribution in [-0.4, -0.2) is 4.98 Å². The maximum atomic E-state index is 4.88. The maximum absolute atomic E-state index is 4.88. The fraction of sp³-hybridized carbons (Fsp3) is 0.174. The molecule has 1 heteroatoms. The van der Waals surface area contributed by atoms with Crippen molar-refractivity contribution in [1.82, 2.24) is 4.98 Å². The Bertz CT molecular complexity index is 1040. The largest absolute Gasteiger partial charge is 0.248 e. The first kappa shape index (κ1) is 14.9. The monoisotopic (exact) mass is 311 g/mol. The second-order valence-corrected chi connectivity index (χ2v) is 7.38. The fourth-order valence-corrected chi connectivity index (χ4v) is 3.31. The lowest BCUT2D eigenvalue weighted by molar-refractivity contribution is 0.596. The van der Waals surface area contributed by atoms with Crippen LogP contribution in [0.2, 0.25) is 0 Å². The highest BCUT2D eigenvalue weighted by molar-refractivity contribution is 5.91. The summed E-state index contributed by atoms with van der Waals surface area (Å²) in [7, 11) is 0.